The maximum absolute atomic E-state index is 13.7. The van der Waals surface area contributed by atoms with Gasteiger partial charge in [0.05, 0.1) is 7.11 Å². The molecule has 1 aliphatic carbocycles. The smallest absolute Gasteiger partial charge is 0.261 e. The first-order valence-corrected chi connectivity index (χ1v) is 13.5. The minimum absolute atomic E-state index is 0.129. The lowest BCUT2D eigenvalue weighted by Crippen LogP contribution is -2.53. The van der Waals surface area contributed by atoms with Gasteiger partial charge in [0, 0.05) is 23.5 Å². The highest BCUT2D eigenvalue weighted by Gasteiger charge is 2.32. The largest absolute Gasteiger partial charge is 0.497 e. The van der Waals surface area contributed by atoms with E-state index in [1.807, 2.05) is 66.7 Å². The van der Waals surface area contributed by atoms with Gasteiger partial charge < -0.3 is 19.7 Å². The highest BCUT2D eigenvalue weighted by atomic mass is 79.9. The number of carbonyl (C=O) groups is 2. The summed E-state index contributed by atoms with van der Waals surface area (Å²) < 4.78 is 12.2. The summed E-state index contributed by atoms with van der Waals surface area (Å²) in [5, 5.41) is 3.22. The number of amides is 2. The Morgan fingerprint density at radius 1 is 0.946 bits per heavy atom. The van der Waals surface area contributed by atoms with E-state index in [0.717, 1.165) is 41.3 Å². The Morgan fingerprint density at radius 2 is 1.65 bits per heavy atom. The van der Waals surface area contributed by atoms with Crippen LogP contribution in [0.3, 0.4) is 0 Å². The molecule has 0 bridgehead atoms. The van der Waals surface area contributed by atoms with Crippen LogP contribution in [0.5, 0.6) is 11.5 Å². The van der Waals surface area contributed by atoms with E-state index in [9.17, 15) is 9.59 Å². The molecule has 1 unspecified atom stereocenters. The van der Waals surface area contributed by atoms with Crippen LogP contribution in [0.15, 0.2) is 83.3 Å². The SMILES string of the molecule is COc1cccc(CN(C(=O)COc2ccc(Br)cc2)C(Cc2ccccc2)C(=O)NC2CCCC2)c1. The van der Waals surface area contributed by atoms with Crippen LogP contribution in [0.1, 0.15) is 36.8 Å². The van der Waals surface area contributed by atoms with Crippen LogP contribution in [0, 0.1) is 0 Å². The molecule has 6 nitrogen and oxygen atoms in total. The molecule has 0 heterocycles. The van der Waals surface area contributed by atoms with Crippen molar-refractivity contribution in [3.63, 3.8) is 0 Å². The number of rotatable bonds is 11. The van der Waals surface area contributed by atoms with Crippen molar-refractivity contribution in [3.8, 4) is 11.5 Å². The summed E-state index contributed by atoms with van der Waals surface area (Å²) >= 11 is 3.41. The average Bonchev–Trinajstić information content (AvgIpc) is 3.44. The third kappa shape index (κ3) is 7.83. The fraction of sp³-hybridized carbons (Fsp3) is 0.333. The van der Waals surface area contributed by atoms with E-state index in [2.05, 4.69) is 21.2 Å². The number of nitrogens with one attached hydrogen (secondary N) is 1. The molecule has 1 aliphatic rings. The monoisotopic (exact) mass is 564 g/mol. The summed E-state index contributed by atoms with van der Waals surface area (Å²) in [4.78, 5) is 29.0. The highest BCUT2D eigenvalue weighted by Crippen LogP contribution is 2.22. The number of carbonyl (C=O) groups excluding carboxylic acids is 2. The predicted octanol–water partition coefficient (Wildman–Crippen LogP) is 5.54. The van der Waals surface area contributed by atoms with Crippen LogP contribution in [0.4, 0.5) is 0 Å². The van der Waals surface area contributed by atoms with Gasteiger partial charge in [-0.2, -0.15) is 0 Å². The Balaban J connectivity index is 1.61. The molecule has 0 spiro atoms. The first-order chi connectivity index (χ1) is 18.0. The molecule has 0 radical (unpaired) electrons. The Hall–Kier alpha value is -3.32. The van der Waals surface area contributed by atoms with Crippen molar-refractivity contribution in [2.45, 2.75) is 50.7 Å². The van der Waals surface area contributed by atoms with Gasteiger partial charge in [0.15, 0.2) is 6.61 Å². The number of halogens is 1. The third-order valence-electron chi connectivity index (χ3n) is 6.64. The van der Waals surface area contributed by atoms with Gasteiger partial charge in [-0.3, -0.25) is 9.59 Å². The van der Waals surface area contributed by atoms with Crippen molar-refractivity contribution in [2.24, 2.45) is 0 Å². The van der Waals surface area contributed by atoms with E-state index < -0.39 is 6.04 Å². The molecule has 0 aromatic heterocycles. The Labute approximate surface area is 227 Å². The Morgan fingerprint density at radius 3 is 2.35 bits per heavy atom. The van der Waals surface area contributed by atoms with Crippen LogP contribution >= 0.6 is 15.9 Å². The van der Waals surface area contributed by atoms with Crippen LogP contribution in [0.2, 0.25) is 0 Å². The van der Waals surface area contributed by atoms with Crippen molar-refractivity contribution in [1.29, 1.82) is 0 Å². The van der Waals surface area contributed by atoms with E-state index >= 15 is 0 Å². The minimum Gasteiger partial charge on any atom is -0.497 e. The zero-order valence-electron chi connectivity index (χ0n) is 21.1. The molecule has 1 atom stereocenters. The zero-order chi connectivity index (χ0) is 26.0. The van der Waals surface area contributed by atoms with Gasteiger partial charge in [-0.25, -0.2) is 0 Å². The van der Waals surface area contributed by atoms with Crippen molar-refractivity contribution in [3.05, 3.63) is 94.5 Å². The van der Waals surface area contributed by atoms with Crippen molar-refractivity contribution < 1.29 is 19.1 Å². The number of nitrogens with zero attached hydrogens (tertiary/aromatic N) is 1. The van der Waals surface area contributed by atoms with Crippen molar-refractivity contribution >= 4 is 27.7 Å². The molecule has 1 N–H and O–H groups in total. The van der Waals surface area contributed by atoms with E-state index in [0.29, 0.717) is 17.9 Å². The molecule has 4 rings (SSSR count). The predicted molar refractivity (Wildman–Crippen MR) is 148 cm³/mol. The van der Waals surface area contributed by atoms with Crippen LogP contribution in [0.25, 0.3) is 0 Å². The second-order valence-electron chi connectivity index (χ2n) is 9.31. The maximum atomic E-state index is 13.7. The second-order valence-corrected chi connectivity index (χ2v) is 10.2. The van der Waals surface area contributed by atoms with E-state index in [1.165, 1.54) is 0 Å². The first kappa shape index (κ1) is 26.7. The van der Waals surface area contributed by atoms with Gasteiger partial charge in [-0.15, -0.1) is 0 Å². The molecular formula is C30H33BrN2O4. The molecule has 0 aliphatic heterocycles. The molecule has 37 heavy (non-hydrogen) atoms. The summed E-state index contributed by atoms with van der Waals surface area (Å²) in [7, 11) is 1.61. The highest BCUT2D eigenvalue weighted by molar-refractivity contribution is 9.10. The molecule has 1 fully saturated rings. The number of ether oxygens (including phenoxy) is 2. The number of benzene rings is 3. The van der Waals surface area contributed by atoms with Gasteiger partial charge >= 0.3 is 0 Å². The zero-order valence-corrected chi connectivity index (χ0v) is 22.7. The molecule has 3 aromatic carbocycles. The first-order valence-electron chi connectivity index (χ1n) is 12.7. The van der Waals surface area contributed by atoms with Gasteiger partial charge in [0.25, 0.3) is 5.91 Å². The summed E-state index contributed by atoms with van der Waals surface area (Å²) in [6.07, 6.45) is 4.58. The molecule has 7 heteroatoms. The Bertz CT molecular complexity index is 1160. The lowest BCUT2D eigenvalue weighted by atomic mass is 10.0. The molecule has 1 saturated carbocycles. The minimum atomic E-state index is -0.685. The van der Waals surface area contributed by atoms with Gasteiger partial charge in [0.1, 0.15) is 17.5 Å². The quantitative estimate of drug-likeness (QED) is 0.332. The van der Waals surface area contributed by atoms with E-state index in [1.54, 1.807) is 24.1 Å². The van der Waals surface area contributed by atoms with Crippen LogP contribution in [-0.4, -0.2) is 42.5 Å². The maximum Gasteiger partial charge on any atom is 0.261 e. The number of hydrogen-bond acceptors (Lipinski definition) is 4. The van der Waals surface area contributed by atoms with Crippen molar-refractivity contribution in [1.82, 2.24) is 10.2 Å². The molecule has 194 valence electrons. The fourth-order valence-electron chi connectivity index (χ4n) is 4.65. The summed E-state index contributed by atoms with van der Waals surface area (Å²) in [5.74, 6) is 0.905. The number of hydrogen-bond donors (Lipinski definition) is 1. The lowest BCUT2D eigenvalue weighted by molar-refractivity contribution is -0.143. The second kappa shape index (κ2) is 13.3. The molecule has 0 saturated heterocycles. The summed E-state index contributed by atoms with van der Waals surface area (Å²) in [5.41, 5.74) is 1.87. The third-order valence-corrected chi connectivity index (χ3v) is 7.16. The lowest BCUT2D eigenvalue weighted by Gasteiger charge is -2.32. The van der Waals surface area contributed by atoms with Crippen molar-refractivity contribution in [2.75, 3.05) is 13.7 Å². The molecule has 3 aromatic rings. The summed E-state index contributed by atoms with van der Waals surface area (Å²) in [6, 6.07) is 24.2. The standard InChI is InChI=1S/C30H33BrN2O4/c1-36-27-13-7-10-23(18-27)20-33(29(34)21-37-26-16-14-24(31)15-17-26)28(19-22-8-3-2-4-9-22)30(35)32-25-11-5-6-12-25/h2-4,7-10,13-18,25,28H,5-6,11-12,19-21H2,1H3,(H,32,35). The van der Waals surface area contributed by atoms with E-state index in [-0.39, 0.29) is 31.0 Å². The normalized spacial score (nSPS) is 14.1. The summed E-state index contributed by atoms with van der Waals surface area (Å²) in [6.45, 7) is 0.0862. The average molecular weight is 566 g/mol. The number of methoxy groups -OCH3 is 1. The fourth-order valence-corrected chi connectivity index (χ4v) is 4.91. The molecule has 2 amide bonds. The van der Waals surface area contributed by atoms with Gasteiger partial charge in [-0.05, 0) is 60.4 Å². The van der Waals surface area contributed by atoms with Gasteiger partial charge in [0.2, 0.25) is 5.91 Å². The van der Waals surface area contributed by atoms with Crippen LogP contribution < -0.4 is 14.8 Å². The Kier molecular flexibility index (Phi) is 9.60. The van der Waals surface area contributed by atoms with E-state index in [4.69, 9.17) is 9.47 Å². The topological polar surface area (TPSA) is 67.9 Å². The van der Waals surface area contributed by atoms with Crippen LogP contribution in [-0.2, 0) is 22.6 Å². The molecular weight excluding hydrogens is 532 g/mol. The van der Waals surface area contributed by atoms with Gasteiger partial charge in [-0.1, -0.05) is 71.2 Å².